The lowest BCUT2D eigenvalue weighted by molar-refractivity contribution is 0.0410. The molecule has 5 heteroatoms. The van der Waals surface area contributed by atoms with Crippen LogP contribution in [0.5, 0.6) is 0 Å². The molecule has 5 nitrogen and oxygen atoms in total. The third kappa shape index (κ3) is 2.60. The Morgan fingerprint density at radius 3 is 2.67 bits per heavy atom. The minimum absolute atomic E-state index is 0.173. The van der Waals surface area contributed by atoms with Crippen molar-refractivity contribution in [1.82, 2.24) is 15.1 Å². The number of nitrogens with one attached hydrogen (secondary N) is 1. The van der Waals surface area contributed by atoms with Crippen molar-refractivity contribution in [2.24, 2.45) is 0 Å². The van der Waals surface area contributed by atoms with Crippen molar-refractivity contribution in [3.8, 4) is 0 Å². The van der Waals surface area contributed by atoms with E-state index in [4.69, 9.17) is 4.74 Å². The summed E-state index contributed by atoms with van der Waals surface area (Å²) in [6.45, 7) is 7.46. The molecule has 1 N–H and O–H groups in total. The number of carbonyl (C=O) groups excluding carboxylic acids is 1. The van der Waals surface area contributed by atoms with Crippen molar-refractivity contribution >= 4 is 6.03 Å². The molecule has 0 unspecified atom stereocenters. The Bertz CT molecular complexity index is 229. The Morgan fingerprint density at radius 2 is 2.00 bits per heavy atom. The van der Waals surface area contributed by atoms with E-state index in [1.165, 1.54) is 0 Å². The Kier molecular flexibility index (Phi) is 3.43. The van der Waals surface area contributed by atoms with Crippen LogP contribution in [-0.2, 0) is 4.74 Å². The van der Waals surface area contributed by atoms with Crippen LogP contribution in [0.3, 0.4) is 0 Å². The molecule has 0 saturated carbocycles. The maximum atomic E-state index is 12.1. The zero-order valence-corrected chi connectivity index (χ0v) is 9.24. The average molecular weight is 213 g/mol. The second-order valence-electron chi connectivity index (χ2n) is 4.18. The van der Waals surface area contributed by atoms with Crippen molar-refractivity contribution in [2.75, 3.05) is 45.9 Å². The number of rotatable bonds is 0. The van der Waals surface area contributed by atoms with Gasteiger partial charge in [0.05, 0.1) is 13.2 Å². The summed E-state index contributed by atoms with van der Waals surface area (Å²) in [6, 6.07) is 0.579. The van der Waals surface area contributed by atoms with Crippen molar-refractivity contribution in [2.45, 2.75) is 13.0 Å². The van der Waals surface area contributed by atoms with Gasteiger partial charge in [-0.25, -0.2) is 4.79 Å². The summed E-state index contributed by atoms with van der Waals surface area (Å²) in [6.07, 6.45) is 0. The normalized spacial score (nSPS) is 27.9. The van der Waals surface area contributed by atoms with Gasteiger partial charge in [0.25, 0.3) is 0 Å². The highest BCUT2D eigenvalue weighted by Crippen LogP contribution is 2.06. The topological polar surface area (TPSA) is 44.8 Å². The van der Waals surface area contributed by atoms with Crippen LogP contribution in [0.4, 0.5) is 4.79 Å². The van der Waals surface area contributed by atoms with Gasteiger partial charge in [0.2, 0.25) is 0 Å². The van der Waals surface area contributed by atoms with Crippen molar-refractivity contribution in [3.05, 3.63) is 0 Å². The first-order valence-corrected chi connectivity index (χ1v) is 5.62. The average Bonchev–Trinajstić information content (AvgIpc) is 2.29. The van der Waals surface area contributed by atoms with Crippen LogP contribution in [0.1, 0.15) is 6.92 Å². The second-order valence-corrected chi connectivity index (χ2v) is 4.18. The molecule has 2 saturated heterocycles. The van der Waals surface area contributed by atoms with Gasteiger partial charge in [-0.15, -0.1) is 0 Å². The number of amides is 2. The molecule has 2 amide bonds. The number of carbonyl (C=O) groups is 1. The summed E-state index contributed by atoms with van der Waals surface area (Å²) < 4.78 is 5.23. The van der Waals surface area contributed by atoms with Gasteiger partial charge >= 0.3 is 6.03 Å². The minimum atomic E-state index is 0.173. The number of nitrogens with zero attached hydrogens (tertiary/aromatic N) is 2. The van der Waals surface area contributed by atoms with E-state index in [1.807, 2.05) is 9.80 Å². The number of ether oxygens (including phenoxy) is 1. The van der Waals surface area contributed by atoms with Gasteiger partial charge in [-0.1, -0.05) is 0 Å². The minimum Gasteiger partial charge on any atom is -0.378 e. The molecule has 0 radical (unpaired) electrons. The maximum absolute atomic E-state index is 12.1. The highest BCUT2D eigenvalue weighted by molar-refractivity contribution is 5.74. The fraction of sp³-hybridized carbons (Fsp3) is 0.900. The van der Waals surface area contributed by atoms with Crippen LogP contribution in [-0.4, -0.2) is 67.8 Å². The SMILES string of the molecule is C[C@@H]1CN(C(=O)N2CCOCC2)CCN1. The molecule has 0 aromatic heterocycles. The lowest BCUT2D eigenvalue weighted by atomic mass is 10.2. The van der Waals surface area contributed by atoms with E-state index in [1.54, 1.807) is 0 Å². The predicted molar refractivity (Wildman–Crippen MR) is 56.8 cm³/mol. The predicted octanol–water partition coefficient (Wildman–Crippen LogP) is -0.268. The fourth-order valence-electron chi connectivity index (χ4n) is 2.06. The summed E-state index contributed by atoms with van der Waals surface area (Å²) in [5.74, 6) is 0. The third-order valence-electron chi connectivity index (χ3n) is 2.92. The van der Waals surface area contributed by atoms with E-state index in [0.29, 0.717) is 19.3 Å². The van der Waals surface area contributed by atoms with Crippen LogP contribution < -0.4 is 5.32 Å². The van der Waals surface area contributed by atoms with E-state index in [9.17, 15) is 4.79 Å². The molecule has 0 bridgehead atoms. The van der Waals surface area contributed by atoms with Gasteiger partial charge in [-0.2, -0.15) is 0 Å². The van der Waals surface area contributed by atoms with Crippen molar-refractivity contribution in [3.63, 3.8) is 0 Å². The maximum Gasteiger partial charge on any atom is 0.320 e. The summed E-state index contributed by atoms with van der Waals surface area (Å²) in [5, 5.41) is 3.33. The number of piperazine rings is 1. The molecule has 2 aliphatic heterocycles. The Morgan fingerprint density at radius 1 is 1.27 bits per heavy atom. The summed E-state index contributed by atoms with van der Waals surface area (Å²) >= 11 is 0. The standard InChI is InChI=1S/C10H19N3O2/c1-9-8-13(3-2-11-9)10(14)12-4-6-15-7-5-12/h9,11H,2-8H2,1H3/t9-/m1/s1. The van der Waals surface area contributed by atoms with Crippen LogP contribution in [0.25, 0.3) is 0 Å². The summed E-state index contributed by atoms with van der Waals surface area (Å²) in [4.78, 5) is 15.9. The molecular formula is C10H19N3O2. The molecule has 0 spiro atoms. The van der Waals surface area contributed by atoms with Crippen LogP contribution in [0, 0.1) is 0 Å². The van der Waals surface area contributed by atoms with E-state index >= 15 is 0 Å². The molecule has 0 aromatic rings. The molecule has 15 heavy (non-hydrogen) atoms. The van der Waals surface area contributed by atoms with Crippen molar-refractivity contribution < 1.29 is 9.53 Å². The zero-order chi connectivity index (χ0) is 10.7. The van der Waals surface area contributed by atoms with E-state index in [2.05, 4.69) is 12.2 Å². The first-order chi connectivity index (χ1) is 7.27. The molecule has 0 aromatic carbocycles. The largest absolute Gasteiger partial charge is 0.378 e. The van der Waals surface area contributed by atoms with Crippen LogP contribution in [0.15, 0.2) is 0 Å². The van der Waals surface area contributed by atoms with Gasteiger partial charge < -0.3 is 19.9 Å². The fourth-order valence-corrected chi connectivity index (χ4v) is 2.06. The zero-order valence-electron chi connectivity index (χ0n) is 9.24. The number of urea groups is 1. The number of morpholine rings is 1. The number of hydrogen-bond acceptors (Lipinski definition) is 3. The number of hydrogen-bond donors (Lipinski definition) is 1. The first-order valence-electron chi connectivity index (χ1n) is 5.62. The van der Waals surface area contributed by atoms with Crippen LogP contribution in [0.2, 0.25) is 0 Å². The van der Waals surface area contributed by atoms with E-state index in [0.717, 1.165) is 32.7 Å². The Labute approximate surface area is 90.4 Å². The highest BCUT2D eigenvalue weighted by Gasteiger charge is 2.25. The lowest BCUT2D eigenvalue weighted by Gasteiger charge is -2.37. The quantitative estimate of drug-likeness (QED) is 0.602. The Hall–Kier alpha value is -0.810. The molecule has 0 aliphatic carbocycles. The molecule has 86 valence electrons. The summed E-state index contributed by atoms with van der Waals surface area (Å²) in [7, 11) is 0. The van der Waals surface area contributed by atoms with Crippen LogP contribution >= 0.6 is 0 Å². The monoisotopic (exact) mass is 213 g/mol. The van der Waals surface area contributed by atoms with E-state index in [-0.39, 0.29) is 6.03 Å². The smallest absolute Gasteiger partial charge is 0.320 e. The molecule has 1 atom stereocenters. The molecule has 2 aliphatic rings. The van der Waals surface area contributed by atoms with Gasteiger partial charge in [0.1, 0.15) is 0 Å². The van der Waals surface area contributed by atoms with Gasteiger partial charge in [0.15, 0.2) is 0 Å². The third-order valence-corrected chi connectivity index (χ3v) is 2.92. The molecule has 2 fully saturated rings. The van der Waals surface area contributed by atoms with Gasteiger partial charge in [-0.3, -0.25) is 0 Å². The first kappa shape index (κ1) is 10.7. The second kappa shape index (κ2) is 4.81. The van der Waals surface area contributed by atoms with Gasteiger partial charge in [-0.05, 0) is 6.92 Å². The lowest BCUT2D eigenvalue weighted by Crippen LogP contribution is -2.56. The van der Waals surface area contributed by atoms with Crippen molar-refractivity contribution in [1.29, 1.82) is 0 Å². The molecule has 2 heterocycles. The molecular weight excluding hydrogens is 194 g/mol. The van der Waals surface area contributed by atoms with Gasteiger partial charge in [0, 0.05) is 38.8 Å². The van der Waals surface area contributed by atoms with E-state index < -0.39 is 0 Å². The molecule has 2 rings (SSSR count). The Balaban J connectivity index is 1.88. The highest BCUT2D eigenvalue weighted by atomic mass is 16.5. The summed E-state index contributed by atoms with van der Waals surface area (Å²) in [5.41, 5.74) is 0.